The molecular formula is C21H27N3O4. The van der Waals surface area contributed by atoms with Gasteiger partial charge in [0.05, 0.1) is 26.0 Å². The zero-order valence-electron chi connectivity index (χ0n) is 16.3. The van der Waals surface area contributed by atoms with Gasteiger partial charge in [0.1, 0.15) is 5.75 Å². The summed E-state index contributed by atoms with van der Waals surface area (Å²) < 4.78 is 17.2. The van der Waals surface area contributed by atoms with Crippen LogP contribution in [0.2, 0.25) is 0 Å². The van der Waals surface area contributed by atoms with Gasteiger partial charge in [0.15, 0.2) is 11.5 Å². The number of hydrogen-bond acceptors (Lipinski definition) is 5. The molecule has 2 rings (SSSR count). The Morgan fingerprint density at radius 2 is 1.79 bits per heavy atom. The number of carbonyl (C=O) groups is 1. The fraction of sp³-hybridized carbons (Fsp3) is 0.333. The van der Waals surface area contributed by atoms with Crippen LogP contribution in [0.3, 0.4) is 0 Å². The van der Waals surface area contributed by atoms with Crippen LogP contribution in [0.25, 0.3) is 0 Å². The molecule has 7 nitrogen and oxygen atoms in total. The van der Waals surface area contributed by atoms with Gasteiger partial charge in [0.25, 0.3) is 0 Å². The maximum Gasteiger partial charge on any atom is 0.332 e. The van der Waals surface area contributed by atoms with Crippen molar-refractivity contribution in [3.8, 4) is 17.2 Å². The fourth-order valence-electron chi connectivity index (χ4n) is 2.42. The van der Waals surface area contributed by atoms with Crippen molar-refractivity contribution in [3.63, 3.8) is 0 Å². The van der Waals surface area contributed by atoms with Crippen molar-refractivity contribution in [3.05, 3.63) is 53.6 Å². The first-order valence-corrected chi connectivity index (χ1v) is 9.32. The highest BCUT2D eigenvalue weighted by Gasteiger charge is 2.06. The summed E-state index contributed by atoms with van der Waals surface area (Å²) in [6, 6.07) is 12.8. The number of ether oxygens (including phenoxy) is 3. The molecule has 0 atom stereocenters. The van der Waals surface area contributed by atoms with Crippen LogP contribution in [-0.4, -0.2) is 32.1 Å². The predicted octanol–water partition coefficient (Wildman–Crippen LogP) is 3.50. The zero-order valence-corrected chi connectivity index (χ0v) is 16.3. The lowest BCUT2D eigenvalue weighted by Crippen LogP contribution is -2.24. The quantitative estimate of drug-likeness (QED) is 0.352. The number of rotatable bonds is 11. The second-order valence-electron chi connectivity index (χ2n) is 5.92. The van der Waals surface area contributed by atoms with E-state index in [1.165, 1.54) is 11.8 Å². The Labute approximate surface area is 165 Å². The van der Waals surface area contributed by atoms with E-state index < -0.39 is 6.03 Å². The molecular weight excluding hydrogens is 358 g/mol. The van der Waals surface area contributed by atoms with E-state index in [1.807, 2.05) is 25.1 Å². The molecule has 0 fully saturated rings. The van der Waals surface area contributed by atoms with Crippen LogP contribution in [0.1, 0.15) is 31.4 Å². The third kappa shape index (κ3) is 7.19. The number of benzene rings is 2. The van der Waals surface area contributed by atoms with Gasteiger partial charge in [-0.3, -0.25) is 0 Å². The Morgan fingerprint density at radius 1 is 1.04 bits per heavy atom. The molecule has 0 heterocycles. The number of amides is 2. The molecule has 150 valence electrons. The second-order valence-corrected chi connectivity index (χ2v) is 5.92. The molecule has 28 heavy (non-hydrogen) atoms. The maximum absolute atomic E-state index is 10.6. The molecule has 2 aromatic rings. The normalized spacial score (nSPS) is 10.6. The van der Waals surface area contributed by atoms with Crippen LogP contribution in [-0.2, 0) is 6.42 Å². The van der Waals surface area contributed by atoms with Gasteiger partial charge >= 0.3 is 6.03 Å². The first kappa shape index (κ1) is 21.1. The van der Waals surface area contributed by atoms with Gasteiger partial charge in [-0.15, -0.1) is 0 Å². The van der Waals surface area contributed by atoms with Crippen LogP contribution in [0.15, 0.2) is 47.6 Å². The van der Waals surface area contributed by atoms with Gasteiger partial charge in [-0.25, -0.2) is 10.2 Å². The van der Waals surface area contributed by atoms with E-state index >= 15 is 0 Å². The molecule has 0 saturated heterocycles. The van der Waals surface area contributed by atoms with Crippen LogP contribution in [0.4, 0.5) is 4.79 Å². The van der Waals surface area contributed by atoms with Crippen LogP contribution in [0, 0.1) is 0 Å². The molecule has 0 bridgehead atoms. The summed E-state index contributed by atoms with van der Waals surface area (Å²) in [5.41, 5.74) is 9.16. The van der Waals surface area contributed by atoms with Crippen molar-refractivity contribution in [2.45, 2.75) is 26.7 Å². The third-order valence-electron chi connectivity index (χ3n) is 3.80. The van der Waals surface area contributed by atoms with E-state index in [0.29, 0.717) is 31.3 Å². The molecule has 0 aromatic heterocycles. The first-order valence-electron chi connectivity index (χ1n) is 9.32. The molecule has 2 aromatic carbocycles. The average Bonchev–Trinajstić information content (AvgIpc) is 2.69. The lowest BCUT2D eigenvalue weighted by molar-refractivity contribution is 0.236. The van der Waals surface area contributed by atoms with Crippen molar-refractivity contribution in [2.75, 3.05) is 19.8 Å². The maximum atomic E-state index is 10.6. The second kappa shape index (κ2) is 11.5. The Hall–Kier alpha value is -3.22. The topological polar surface area (TPSA) is 95.2 Å². The molecule has 7 heteroatoms. The Morgan fingerprint density at radius 3 is 2.46 bits per heavy atom. The van der Waals surface area contributed by atoms with E-state index in [4.69, 9.17) is 19.9 Å². The van der Waals surface area contributed by atoms with E-state index in [2.05, 4.69) is 29.6 Å². The zero-order chi connectivity index (χ0) is 20.2. The van der Waals surface area contributed by atoms with E-state index in [1.54, 1.807) is 12.1 Å². The van der Waals surface area contributed by atoms with Crippen LogP contribution < -0.4 is 25.4 Å². The number of urea groups is 1. The SMILES string of the molecule is CCOc1cc(/C=N\NC(N)=O)ccc1OCCCOc1ccc(CC)cc1. The Bertz CT molecular complexity index is 776. The lowest BCUT2D eigenvalue weighted by Gasteiger charge is -2.13. The molecule has 0 aliphatic heterocycles. The number of hydrogen-bond donors (Lipinski definition) is 2. The van der Waals surface area contributed by atoms with Gasteiger partial charge in [0.2, 0.25) is 0 Å². The first-order chi connectivity index (χ1) is 13.6. The smallest absolute Gasteiger partial charge is 0.332 e. The number of primary amides is 1. The van der Waals surface area contributed by atoms with Crippen molar-refractivity contribution in [1.82, 2.24) is 5.43 Å². The summed E-state index contributed by atoms with van der Waals surface area (Å²) in [6.45, 7) is 5.61. The van der Waals surface area contributed by atoms with E-state index in [-0.39, 0.29) is 0 Å². The summed E-state index contributed by atoms with van der Waals surface area (Å²) >= 11 is 0. The molecule has 0 aliphatic rings. The molecule has 2 amide bonds. The summed E-state index contributed by atoms with van der Waals surface area (Å²) in [4.78, 5) is 10.6. The van der Waals surface area contributed by atoms with E-state index in [9.17, 15) is 4.79 Å². The van der Waals surface area contributed by atoms with Gasteiger partial charge < -0.3 is 19.9 Å². The number of carbonyl (C=O) groups excluding carboxylic acids is 1. The monoisotopic (exact) mass is 385 g/mol. The van der Waals surface area contributed by atoms with Gasteiger partial charge in [-0.1, -0.05) is 19.1 Å². The number of hydrazone groups is 1. The predicted molar refractivity (Wildman–Crippen MR) is 109 cm³/mol. The highest BCUT2D eigenvalue weighted by molar-refractivity contribution is 5.82. The number of nitrogens with one attached hydrogen (secondary N) is 1. The molecule has 0 radical (unpaired) electrons. The van der Waals surface area contributed by atoms with Crippen molar-refractivity contribution in [1.29, 1.82) is 0 Å². The third-order valence-corrected chi connectivity index (χ3v) is 3.80. The van der Waals surface area contributed by atoms with Gasteiger partial charge in [-0.2, -0.15) is 5.10 Å². The molecule has 0 saturated carbocycles. The lowest BCUT2D eigenvalue weighted by atomic mass is 10.2. The standard InChI is InChI=1S/C21H27N3O4/c1-3-16-6-9-18(10-7-16)27-12-5-13-28-19-11-8-17(14-20(19)26-4-2)15-23-24-21(22)25/h6-11,14-15H,3-5,12-13H2,1-2H3,(H3,22,24,25)/b23-15-. The van der Waals surface area contributed by atoms with Crippen molar-refractivity contribution < 1.29 is 19.0 Å². The van der Waals surface area contributed by atoms with Crippen LogP contribution in [0.5, 0.6) is 17.2 Å². The summed E-state index contributed by atoms with van der Waals surface area (Å²) in [7, 11) is 0. The van der Waals surface area contributed by atoms with Gasteiger partial charge in [-0.05, 0) is 54.8 Å². The minimum atomic E-state index is -0.718. The number of nitrogens with two attached hydrogens (primary N) is 1. The van der Waals surface area contributed by atoms with E-state index in [0.717, 1.165) is 24.2 Å². The Balaban J connectivity index is 1.82. The summed E-state index contributed by atoms with van der Waals surface area (Å²) in [5, 5.41) is 3.74. The fourth-order valence-corrected chi connectivity index (χ4v) is 2.42. The van der Waals surface area contributed by atoms with Crippen molar-refractivity contribution in [2.24, 2.45) is 10.8 Å². The summed E-state index contributed by atoms with van der Waals surface area (Å²) in [5.74, 6) is 2.12. The Kier molecular flexibility index (Phi) is 8.65. The highest BCUT2D eigenvalue weighted by atomic mass is 16.5. The van der Waals surface area contributed by atoms with Crippen molar-refractivity contribution >= 4 is 12.2 Å². The minimum Gasteiger partial charge on any atom is -0.493 e. The number of nitrogens with zero attached hydrogens (tertiary/aromatic N) is 1. The van der Waals surface area contributed by atoms with Crippen LogP contribution >= 0.6 is 0 Å². The highest BCUT2D eigenvalue weighted by Crippen LogP contribution is 2.28. The molecule has 0 unspecified atom stereocenters. The average molecular weight is 385 g/mol. The minimum absolute atomic E-state index is 0.504. The van der Waals surface area contributed by atoms with Gasteiger partial charge in [0, 0.05) is 6.42 Å². The summed E-state index contributed by atoms with van der Waals surface area (Å²) in [6.07, 6.45) is 3.24. The molecule has 0 aliphatic carbocycles. The number of aryl methyl sites for hydroxylation is 1. The molecule has 0 spiro atoms. The molecule has 3 N–H and O–H groups in total. The largest absolute Gasteiger partial charge is 0.493 e.